The number of nitrogens with one attached hydrogen (secondary N) is 2. The van der Waals surface area contributed by atoms with Gasteiger partial charge in [0.15, 0.2) is 0 Å². The average Bonchev–Trinajstić information content (AvgIpc) is 3.77. The molecule has 1 aliphatic rings. The van der Waals surface area contributed by atoms with E-state index in [4.69, 9.17) is 27.9 Å². The van der Waals surface area contributed by atoms with Crippen LogP contribution in [0.25, 0.3) is 0 Å². The van der Waals surface area contributed by atoms with E-state index in [1.807, 2.05) is 12.1 Å². The first-order valence-electron chi connectivity index (χ1n) is 13.3. The third kappa shape index (κ3) is 8.69. The molecule has 0 radical (unpaired) electrons. The van der Waals surface area contributed by atoms with Crippen LogP contribution in [-0.2, 0) is 39.1 Å². The van der Waals surface area contributed by atoms with Crippen molar-refractivity contribution in [1.29, 1.82) is 0 Å². The molecule has 0 aliphatic heterocycles. The molecule has 218 valence electrons. The number of rotatable bonds is 13. The molecule has 4 rings (SSSR count). The van der Waals surface area contributed by atoms with Crippen LogP contribution < -0.4 is 14.8 Å². The van der Waals surface area contributed by atoms with E-state index in [-0.39, 0.29) is 42.3 Å². The first-order chi connectivity index (χ1) is 19.6. The molecule has 0 aromatic heterocycles. The number of aryl methyl sites for hydroxylation is 1. The zero-order valence-corrected chi connectivity index (χ0v) is 25.2. The second kappa shape index (κ2) is 13.7. The molecule has 2 amide bonds. The van der Waals surface area contributed by atoms with Gasteiger partial charge in [0, 0.05) is 35.6 Å². The molecule has 0 bridgehead atoms. The van der Waals surface area contributed by atoms with Crippen LogP contribution in [0.15, 0.2) is 71.6 Å². The van der Waals surface area contributed by atoms with Gasteiger partial charge in [-0.2, -0.15) is 0 Å². The lowest BCUT2D eigenvalue weighted by atomic mass is 10.1. The molecule has 11 heteroatoms. The van der Waals surface area contributed by atoms with Crippen LogP contribution in [0.1, 0.15) is 42.9 Å². The highest BCUT2D eigenvalue weighted by atomic mass is 35.5. The number of ether oxygens (including phenoxy) is 1. The predicted octanol–water partition coefficient (Wildman–Crippen LogP) is 5.11. The van der Waals surface area contributed by atoms with E-state index < -0.39 is 16.1 Å². The van der Waals surface area contributed by atoms with Crippen LogP contribution in [0.5, 0.6) is 5.75 Å². The van der Waals surface area contributed by atoms with Crippen molar-refractivity contribution in [1.82, 2.24) is 14.9 Å². The number of nitrogens with zero attached hydrogens (tertiary/aromatic N) is 1. The Balaban J connectivity index is 1.43. The van der Waals surface area contributed by atoms with Crippen molar-refractivity contribution in [2.75, 3.05) is 7.11 Å². The summed E-state index contributed by atoms with van der Waals surface area (Å²) < 4.78 is 32.8. The van der Waals surface area contributed by atoms with Crippen molar-refractivity contribution in [2.45, 2.75) is 62.7 Å². The molecule has 1 saturated carbocycles. The summed E-state index contributed by atoms with van der Waals surface area (Å²) in [5, 5.41) is 3.81. The van der Waals surface area contributed by atoms with E-state index in [2.05, 4.69) is 10.0 Å². The smallest absolute Gasteiger partial charge is 0.242 e. The number of hydrogen-bond donors (Lipinski definition) is 2. The van der Waals surface area contributed by atoms with E-state index in [0.717, 1.165) is 24.0 Å². The summed E-state index contributed by atoms with van der Waals surface area (Å²) >= 11 is 12.2. The molecule has 1 aliphatic carbocycles. The van der Waals surface area contributed by atoms with Gasteiger partial charge in [-0.15, -0.1) is 0 Å². The van der Waals surface area contributed by atoms with Gasteiger partial charge >= 0.3 is 0 Å². The van der Waals surface area contributed by atoms with Gasteiger partial charge in [0.05, 0.1) is 12.0 Å². The van der Waals surface area contributed by atoms with Crippen molar-refractivity contribution in [3.63, 3.8) is 0 Å². The van der Waals surface area contributed by atoms with E-state index in [1.54, 1.807) is 73.5 Å². The predicted molar refractivity (Wildman–Crippen MR) is 159 cm³/mol. The number of carbonyl (C=O) groups excluding carboxylic acids is 2. The first-order valence-corrected chi connectivity index (χ1v) is 15.5. The maximum Gasteiger partial charge on any atom is 0.242 e. The Morgan fingerprint density at radius 2 is 1.66 bits per heavy atom. The third-order valence-electron chi connectivity index (χ3n) is 6.91. The van der Waals surface area contributed by atoms with Gasteiger partial charge in [0.1, 0.15) is 11.8 Å². The summed E-state index contributed by atoms with van der Waals surface area (Å²) in [4.78, 5) is 28.4. The standard InChI is InChI=1S/C30H33Cl2N3O5S/c1-20(30(37)33-18-23-8-9-24(31)17-28(23)32)35(19-22-3-12-26(40-2)13-4-22)29(36)16-7-21-5-14-27(15-6-21)41(38,39)34-25-10-11-25/h3-6,8-9,12-15,17,20,25,34H,7,10-11,16,18-19H2,1-2H3,(H,33,37)/t20-/m1/s1. The summed E-state index contributed by atoms with van der Waals surface area (Å²) in [5.41, 5.74) is 2.38. The lowest BCUT2D eigenvalue weighted by Crippen LogP contribution is -2.47. The SMILES string of the molecule is COc1ccc(CN(C(=O)CCc2ccc(S(=O)(=O)NC3CC3)cc2)[C@H](C)C(=O)NCc2ccc(Cl)cc2Cl)cc1. The van der Waals surface area contributed by atoms with Gasteiger partial charge in [0.25, 0.3) is 0 Å². The van der Waals surface area contributed by atoms with Crippen LogP contribution in [-0.4, -0.2) is 44.3 Å². The minimum atomic E-state index is -3.54. The molecule has 0 unspecified atom stereocenters. The van der Waals surface area contributed by atoms with E-state index in [9.17, 15) is 18.0 Å². The number of benzene rings is 3. The normalized spacial score (nSPS) is 13.9. The number of methoxy groups -OCH3 is 1. The number of hydrogen-bond acceptors (Lipinski definition) is 5. The second-order valence-electron chi connectivity index (χ2n) is 10.0. The van der Waals surface area contributed by atoms with Gasteiger partial charge in [-0.1, -0.05) is 53.5 Å². The number of amides is 2. The Morgan fingerprint density at radius 1 is 1.00 bits per heavy atom. The lowest BCUT2D eigenvalue weighted by Gasteiger charge is -2.29. The molecule has 2 N–H and O–H groups in total. The monoisotopic (exact) mass is 617 g/mol. The van der Waals surface area contributed by atoms with E-state index in [0.29, 0.717) is 27.8 Å². The van der Waals surface area contributed by atoms with Crippen molar-refractivity contribution < 1.29 is 22.7 Å². The Labute approximate surface area is 251 Å². The molecule has 3 aromatic rings. The molecule has 1 fully saturated rings. The van der Waals surface area contributed by atoms with Crippen molar-refractivity contribution in [2.24, 2.45) is 0 Å². The minimum Gasteiger partial charge on any atom is -0.497 e. The van der Waals surface area contributed by atoms with Crippen molar-refractivity contribution in [3.05, 3.63) is 93.5 Å². The molecule has 41 heavy (non-hydrogen) atoms. The molecule has 1 atom stereocenters. The summed E-state index contributed by atoms with van der Waals surface area (Å²) in [6.07, 6.45) is 2.25. The highest BCUT2D eigenvalue weighted by Crippen LogP contribution is 2.23. The quantitative estimate of drug-likeness (QED) is 0.277. The Kier molecular flexibility index (Phi) is 10.3. The Bertz CT molecular complexity index is 1480. The Hall–Kier alpha value is -3.11. The zero-order valence-electron chi connectivity index (χ0n) is 22.9. The number of carbonyl (C=O) groups is 2. The summed E-state index contributed by atoms with van der Waals surface area (Å²) in [5.74, 6) is 0.158. The van der Waals surface area contributed by atoms with Crippen LogP contribution >= 0.6 is 23.2 Å². The maximum atomic E-state index is 13.5. The fourth-order valence-electron chi connectivity index (χ4n) is 4.22. The van der Waals surface area contributed by atoms with E-state index >= 15 is 0 Å². The van der Waals surface area contributed by atoms with Crippen LogP contribution in [0, 0.1) is 0 Å². The molecular formula is C30H33Cl2N3O5S. The van der Waals surface area contributed by atoms with Crippen LogP contribution in [0.2, 0.25) is 10.0 Å². The summed E-state index contributed by atoms with van der Waals surface area (Å²) in [6.45, 7) is 2.10. The van der Waals surface area contributed by atoms with Gasteiger partial charge in [-0.3, -0.25) is 9.59 Å². The van der Waals surface area contributed by atoms with Crippen LogP contribution in [0.3, 0.4) is 0 Å². The molecule has 3 aromatic carbocycles. The van der Waals surface area contributed by atoms with E-state index in [1.165, 1.54) is 0 Å². The molecule has 0 saturated heterocycles. The topological polar surface area (TPSA) is 105 Å². The van der Waals surface area contributed by atoms with Crippen LogP contribution in [0.4, 0.5) is 0 Å². The van der Waals surface area contributed by atoms with Crippen molar-refractivity contribution in [3.8, 4) is 5.75 Å². The molecule has 0 spiro atoms. The third-order valence-corrected chi connectivity index (χ3v) is 9.03. The van der Waals surface area contributed by atoms with Crippen molar-refractivity contribution >= 4 is 45.0 Å². The Morgan fingerprint density at radius 3 is 2.27 bits per heavy atom. The molecule has 0 heterocycles. The fourth-order valence-corrected chi connectivity index (χ4v) is 6.00. The first kappa shape index (κ1) is 30.8. The van der Waals surface area contributed by atoms with Gasteiger partial charge in [0.2, 0.25) is 21.8 Å². The van der Waals surface area contributed by atoms with Gasteiger partial charge in [-0.25, -0.2) is 13.1 Å². The second-order valence-corrected chi connectivity index (χ2v) is 12.6. The highest BCUT2D eigenvalue weighted by Gasteiger charge is 2.28. The van der Waals surface area contributed by atoms with Gasteiger partial charge < -0.3 is 15.0 Å². The molecule has 8 nitrogen and oxygen atoms in total. The van der Waals surface area contributed by atoms with Gasteiger partial charge in [-0.05, 0) is 79.3 Å². The number of sulfonamides is 1. The maximum absolute atomic E-state index is 13.5. The fraction of sp³-hybridized carbons (Fsp3) is 0.333. The summed E-state index contributed by atoms with van der Waals surface area (Å²) in [6, 6.07) is 18.2. The zero-order chi connectivity index (χ0) is 29.6. The minimum absolute atomic E-state index is 0.0244. The average molecular weight is 619 g/mol. The lowest BCUT2D eigenvalue weighted by molar-refractivity contribution is -0.140. The summed E-state index contributed by atoms with van der Waals surface area (Å²) in [7, 11) is -1.96. The molecular weight excluding hydrogens is 585 g/mol. The number of halogens is 2. The highest BCUT2D eigenvalue weighted by molar-refractivity contribution is 7.89. The largest absolute Gasteiger partial charge is 0.497 e.